The van der Waals surface area contributed by atoms with Crippen LogP contribution in [0.4, 0.5) is 4.79 Å². The van der Waals surface area contributed by atoms with E-state index in [1.807, 2.05) is 30.3 Å². The summed E-state index contributed by atoms with van der Waals surface area (Å²) in [5, 5.41) is 3.62. The number of benzene rings is 1. The first-order valence-corrected chi connectivity index (χ1v) is 12.9. The molecule has 1 aromatic heterocycles. The van der Waals surface area contributed by atoms with Gasteiger partial charge in [-0.05, 0) is 31.2 Å². The van der Waals surface area contributed by atoms with Crippen LogP contribution in [-0.4, -0.2) is 107 Å². The smallest absolute Gasteiger partial charge is 0.438 e. The average molecular weight is 545 g/mol. The summed E-state index contributed by atoms with van der Waals surface area (Å²) < 4.78 is 9.79. The lowest BCUT2D eigenvalue weighted by atomic mass is 10.1. The third kappa shape index (κ3) is 8.69. The summed E-state index contributed by atoms with van der Waals surface area (Å²) in [6.07, 6.45) is 2.50. The first-order valence-electron chi connectivity index (χ1n) is 12.9. The highest BCUT2D eigenvalue weighted by Crippen LogP contribution is 2.13. The number of nitrogens with one attached hydrogen (secondary N) is 1. The molecule has 2 aromatic rings. The lowest BCUT2D eigenvalue weighted by molar-refractivity contribution is -0.147. The Labute approximate surface area is 226 Å². The van der Waals surface area contributed by atoms with Crippen LogP contribution >= 0.6 is 0 Å². The molecule has 4 amide bonds. The number of carbonyl (C=O) groups is 4. The average Bonchev–Trinajstić information content (AvgIpc) is 3.37. The van der Waals surface area contributed by atoms with Crippen LogP contribution in [0.15, 0.2) is 39.6 Å². The van der Waals surface area contributed by atoms with Crippen molar-refractivity contribution in [2.24, 2.45) is 0 Å². The first-order chi connectivity index (χ1) is 18.7. The van der Waals surface area contributed by atoms with Crippen LogP contribution < -0.4 is 5.76 Å². The molecular formula is C26H36N6O7. The van der Waals surface area contributed by atoms with Gasteiger partial charge in [-0.2, -0.15) is 0 Å². The topological polar surface area (TPSA) is 149 Å². The summed E-state index contributed by atoms with van der Waals surface area (Å²) in [4.78, 5) is 70.9. The molecule has 0 bridgehead atoms. The molecule has 13 nitrogen and oxygen atoms in total. The van der Waals surface area contributed by atoms with E-state index in [0.29, 0.717) is 13.1 Å². The van der Waals surface area contributed by atoms with Crippen molar-refractivity contribution in [3.8, 4) is 0 Å². The molecule has 1 aliphatic heterocycles. The second-order valence-electron chi connectivity index (χ2n) is 9.63. The number of carbonyl (C=O) groups excluding carboxylic acids is 4. The van der Waals surface area contributed by atoms with Crippen molar-refractivity contribution in [3.63, 3.8) is 0 Å². The fourth-order valence-electron chi connectivity index (χ4n) is 4.29. The lowest BCUT2D eigenvalue weighted by Gasteiger charge is -2.33. The Kier molecular flexibility index (Phi) is 10.6. The SMILES string of the molecule is CN(CC(=O)N(C)[C@@H](CCc1noc(=O)[nH]1)C(=O)N(C)CC(=O)N1CCCCC1)C(=O)OCc1ccccc1. The third-order valence-corrected chi connectivity index (χ3v) is 6.63. The highest BCUT2D eigenvalue weighted by molar-refractivity contribution is 5.91. The van der Waals surface area contributed by atoms with E-state index in [0.717, 1.165) is 29.7 Å². The van der Waals surface area contributed by atoms with Crippen molar-refractivity contribution in [2.75, 3.05) is 47.3 Å². The Morgan fingerprint density at radius 2 is 1.72 bits per heavy atom. The van der Waals surface area contributed by atoms with Gasteiger partial charge in [0.25, 0.3) is 0 Å². The minimum Gasteiger partial charge on any atom is -0.445 e. The Bertz CT molecular complexity index is 1170. The van der Waals surface area contributed by atoms with E-state index in [-0.39, 0.29) is 44.3 Å². The minimum atomic E-state index is -0.981. The molecule has 1 saturated heterocycles. The van der Waals surface area contributed by atoms with Gasteiger partial charge in [-0.15, -0.1) is 0 Å². The molecule has 1 aromatic carbocycles. The summed E-state index contributed by atoms with van der Waals surface area (Å²) in [5.41, 5.74) is 0.807. The van der Waals surface area contributed by atoms with Gasteiger partial charge in [0, 0.05) is 40.7 Å². The number of rotatable bonds is 11. The maximum atomic E-state index is 13.5. The molecule has 1 aliphatic rings. The fraction of sp³-hybridized carbons (Fsp3) is 0.538. The Balaban J connectivity index is 1.63. The van der Waals surface area contributed by atoms with Crippen molar-refractivity contribution < 1.29 is 28.4 Å². The van der Waals surface area contributed by atoms with E-state index in [9.17, 15) is 24.0 Å². The molecule has 1 atom stereocenters. The highest BCUT2D eigenvalue weighted by atomic mass is 16.6. The van der Waals surface area contributed by atoms with E-state index in [1.54, 1.807) is 4.90 Å². The standard InChI is InChI=1S/C26H36N6O7/c1-29(17-23(34)32-14-8-5-9-15-32)24(35)20(12-13-21-27-25(36)39-28-21)31(3)22(33)16-30(2)26(37)38-18-19-10-6-4-7-11-19/h4,6-7,10-11,20H,5,8-9,12-18H2,1-3H3,(H,27,28,36)/t20-/m0/s1. The quantitative estimate of drug-likeness (QED) is 0.438. The number of ether oxygens (including phenoxy) is 1. The van der Waals surface area contributed by atoms with E-state index < -0.39 is 29.7 Å². The van der Waals surface area contributed by atoms with E-state index >= 15 is 0 Å². The van der Waals surface area contributed by atoms with Gasteiger partial charge in [0.05, 0.1) is 6.54 Å². The number of piperidine rings is 1. The number of amides is 4. The van der Waals surface area contributed by atoms with Crippen LogP contribution in [0.2, 0.25) is 0 Å². The van der Waals surface area contributed by atoms with Gasteiger partial charge in [0.1, 0.15) is 19.2 Å². The highest BCUT2D eigenvalue weighted by Gasteiger charge is 2.32. The van der Waals surface area contributed by atoms with Crippen molar-refractivity contribution in [2.45, 2.75) is 44.8 Å². The summed E-state index contributed by atoms with van der Waals surface area (Å²) in [7, 11) is 4.40. The lowest BCUT2D eigenvalue weighted by Crippen LogP contribution is -2.53. The predicted octanol–water partition coefficient (Wildman–Crippen LogP) is 0.862. The van der Waals surface area contributed by atoms with Crippen LogP contribution in [0.1, 0.15) is 37.1 Å². The van der Waals surface area contributed by atoms with Crippen molar-refractivity contribution in [1.82, 2.24) is 29.7 Å². The van der Waals surface area contributed by atoms with Gasteiger partial charge in [0.2, 0.25) is 17.7 Å². The van der Waals surface area contributed by atoms with Crippen LogP contribution in [0, 0.1) is 0 Å². The van der Waals surface area contributed by atoms with Crippen LogP contribution in [0.3, 0.4) is 0 Å². The number of aromatic nitrogens is 2. The number of aromatic amines is 1. The van der Waals surface area contributed by atoms with Crippen LogP contribution in [0.5, 0.6) is 0 Å². The number of H-pyrrole nitrogens is 1. The Hall–Kier alpha value is -4.16. The third-order valence-electron chi connectivity index (χ3n) is 6.63. The Morgan fingerprint density at radius 3 is 2.36 bits per heavy atom. The van der Waals surface area contributed by atoms with E-state index in [2.05, 4.69) is 14.7 Å². The zero-order chi connectivity index (χ0) is 28.4. The molecule has 0 unspecified atom stereocenters. The van der Waals surface area contributed by atoms with Crippen molar-refractivity contribution in [3.05, 3.63) is 52.3 Å². The first kappa shape index (κ1) is 29.4. The van der Waals surface area contributed by atoms with Gasteiger partial charge in [0.15, 0.2) is 5.82 Å². The zero-order valence-corrected chi connectivity index (χ0v) is 22.6. The van der Waals surface area contributed by atoms with Crippen LogP contribution in [-0.2, 0) is 32.1 Å². The molecule has 13 heteroatoms. The molecule has 3 rings (SSSR count). The number of hydrogen-bond acceptors (Lipinski definition) is 8. The molecule has 39 heavy (non-hydrogen) atoms. The summed E-state index contributed by atoms with van der Waals surface area (Å²) in [6.45, 7) is 0.930. The van der Waals surface area contributed by atoms with E-state index in [1.165, 1.54) is 30.9 Å². The van der Waals surface area contributed by atoms with Gasteiger partial charge >= 0.3 is 11.8 Å². The number of likely N-dealkylation sites (tertiary alicyclic amines) is 1. The minimum absolute atomic E-state index is 0.0564. The maximum absolute atomic E-state index is 13.5. The number of likely N-dealkylation sites (N-methyl/N-ethyl adjacent to an activating group) is 3. The molecule has 0 saturated carbocycles. The molecule has 1 fully saturated rings. The second kappa shape index (κ2) is 14.1. The van der Waals surface area contributed by atoms with Gasteiger partial charge < -0.3 is 24.3 Å². The summed E-state index contributed by atoms with van der Waals surface area (Å²) in [5.74, 6) is -1.60. The molecule has 0 spiro atoms. The molecule has 212 valence electrons. The Morgan fingerprint density at radius 1 is 1.03 bits per heavy atom. The largest absolute Gasteiger partial charge is 0.445 e. The number of nitrogens with zero attached hydrogens (tertiary/aromatic N) is 5. The summed E-state index contributed by atoms with van der Waals surface area (Å²) >= 11 is 0. The summed E-state index contributed by atoms with van der Waals surface area (Å²) in [6, 6.07) is 8.16. The number of aryl methyl sites for hydroxylation is 1. The number of hydrogen-bond donors (Lipinski definition) is 1. The zero-order valence-electron chi connectivity index (χ0n) is 22.6. The maximum Gasteiger partial charge on any atom is 0.438 e. The van der Waals surface area contributed by atoms with Gasteiger partial charge in [-0.3, -0.25) is 23.9 Å². The molecule has 0 aliphatic carbocycles. The van der Waals surface area contributed by atoms with E-state index in [4.69, 9.17) is 4.74 Å². The van der Waals surface area contributed by atoms with Gasteiger partial charge in [-0.1, -0.05) is 35.5 Å². The predicted molar refractivity (Wildman–Crippen MR) is 139 cm³/mol. The molecule has 2 heterocycles. The van der Waals surface area contributed by atoms with Gasteiger partial charge in [-0.25, -0.2) is 9.59 Å². The molecule has 0 radical (unpaired) electrons. The van der Waals surface area contributed by atoms with Crippen molar-refractivity contribution >= 4 is 23.8 Å². The van der Waals surface area contributed by atoms with Crippen LogP contribution in [0.25, 0.3) is 0 Å². The van der Waals surface area contributed by atoms with Crippen molar-refractivity contribution in [1.29, 1.82) is 0 Å². The monoisotopic (exact) mass is 544 g/mol. The second-order valence-corrected chi connectivity index (χ2v) is 9.63. The normalized spacial score (nSPS) is 13.9. The fourth-order valence-corrected chi connectivity index (χ4v) is 4.29. The molecular weight excluding hydrogens is 508 g/mol. The molecule has 1 N–H and O–H groups in total.